The highest BCUT2D eigenvalue weighted by molar-refractivity contribution is 5.85. The predicted octanol–water partition coefficient (Wildman–Crippen LogP) is 1.69. The number of hydrogen-bond donors (Lipinski definition) is 2. The van der Waals surface area contributed by atoms with Crippen molar-refractivity contribution >= 4 is 12.0 Å². The maximum absolute atomic E-state index is 12.1. The minimum absolute atomic E-state index is 0.256. The summed E-state index contributed by atoms with van der Waals surface area (Å²) in [6.45, 7) is 8.83. The van der Waals surface area contributed by atoms with Gasteiger partial charge in [-0.25, -0.2) is 9.59 Å². The molecule has 7 nitrogen and oxygen atoms in total. The lowest BCUT2D eigenvalue weighted by Crippen LogP contribution is -2.55. The summed E-state index contributed by atoms with van der Waals surface area (Å²) in [5.41, 5.74) is 0.253. The number of amides is 2. The molecule has 0 unspecified atom stereocenters. The van der Waals surface area contributed by atoms with Crippen LogP contribution in [-0.4, -0.2) is 39.2 Å². The Balaban J connectivity index is 2.77. The Morgan fingerprint density at radius 2 is 2.00 bits per heavy atom. The first-order chi connectivity index (χ1) is 9.21. The molecule has 0 saturated heterocycles. The summed E-state index contributed by atoms with van der Waals surface area (Å²) >= 11 is 0. The van der Waals surface area contributed by atoms with Crippen LogP contribution in [0.5, 0.6) is 0 Å². The van der Waals surface area contributed by atoms with E-state index in [-0.39, 0.29) is 6.54 Å². The molecular weight excluding hydrogens is 262 g/mol. The van der Waals surface area contributed by atoms with E-state index in [0.717, 1.165) is 5.56 Å². The summed E-state index contributed by atoms with van der Waals surface area (Å²) in [6.07, 6.45) is 0. The van der Waals surface area contributed by atoms with Gasteiger partial charge in [0, 0.05) is 18.7 Å². The van der Waals surface area contributed by atoms with Gasteiger partial charge in [0.2, 0.25) is 0 Å². The molecule has 2 N–H and O–H groups in total. The number of aliphatic carboxylic acids is 1. The van der Waals surface area contributed by atoms with Gasteiger partial charge in [0.15, 0.2) is 0 Å². The van der Waals surface area contributed by atoms with Gasteiger partial charge in [-0.05, 0) is 34.6 Å². The van der Waals surface area contributed by atoms with Crippen molar-refractivity contribution in [3.8, 4) is 0 Å². The number of carbonyl (C=O) groups excluding carboxylic acids is 1. The lowest BCUT2D eigenvalue weighted by Gasteiger charge is -2.34. The van der Waals surface area contributed by atoms with E-state index in [4.69, 9.17) is 4.52 Å². The number of hydrogen-bond acceptors (Lipinski definition) is 4. The van der Waals surface area contributed by atoms with Crippen LogP contribution in [0, 0.1) is 13.8 Å². The molecule has 112 valence electrons. The number of aryl methyl sites for hydroxylation is 2. The summed E-state index contributed by atoms with van der Waals surface area (Å²) in [5, 5.41) is 15.7. The fourth-order valence-corrected chi connectivity index (χ4v) is 1.92. The Morgan fingerprint density at radius 1 is 1.40 bits per heavy atom. The van der Waals surface area contributed by atoms with Crippen LogP contribution in [0.4, 0.5) is 4.79 Å². The number of nitrogens with zero attached hydrogens (tertiary/aromatic N) is 2. The number of carboxylic acids is 1. The van der Waals surface area contributed by atoms with Gasteiger partial charge < -0.3 is 19.8 Å². The Bertz CT molecular complexity index is 488. The van der Waals surface area contributed by atoms with E-state index in [0.29, 0.717) is 18.0 Å². The van der Waals surface area contributed by atoms with Gasteiger partial charge in [-0.15, -0.1) is 0 Å². The number of likely N-dealkylation sites (N-methyl/N-ethyl adjacent to an activating group) is 1. The average molecular weight is 283 g/mol. The summed E-state index contributed by atoms with van der Waals surface area (Å²) in [5.74, 6) is -0.407. The van der Waals surface area contributed by atoms with Crippen molar-refractivity contribution in [3.63, 3.8) is 0 Å². The van der Waals surface area contributed by atoms with Crippen LogP contribution in [-0.2, 0) is 11.3 Å². The highest BCUT2D eigenvalue weighted by Crippen LogP contribution is 2.16. The Morgan fingerprint density at radius 3 is 2.40 bits per heavy atom. The first-order valence-electron chi connectivity index (χ1n) is 6.42. The zero-order chi connectivity index (χ0) is 15.5. The van der Waals surface area contributed by atoms with Crippen molar-refractivity contribution in [2.24, 2.45) is 0 Å². The molecule has 1 aromatic heterocycles. The smallest absolute Gasteiger partial charge is 0.329 e. The molecular formula is C13H21N3O4. The van der Waals surface area contributed by atoms with Crippen LogP contribution in [0.1, 0.15) is 37.8 Å². The SMILES string of the molecule is CCN(C(=O)NCc1c(C)noc1C)C(C)(C)C(=O)O. The summed E-state index contributed by atoms with van der Waals surface area (Å²) in [4.78, 5) is 24.6. The first kappa shape index (κ1) is 16.0. The van der Waals surface area contributed by atoms with Crippen molar-refractivity contribution in [2.75, 3.05) is 6.54 Å². The molecule has 2 amide bonds. The number of urea groups is 1. The number of nitrogens with one attached hydrogen (secondary N) is 1. The van der Waals surface area contributed by atoms with Crippen molar-refractivity contribution in [2.45, 2.75) is 46.7 Å². The highest BCUT2D eigenvalue weighted by atomic mass is 16.5. The van der Waals surface area contributed by atoms with Crippen molar-refractivity contribution in [1.82, 2.24) is 15.4 Å². The van der Waals surface area contributed by atoms with Crippen LogP contribution in [0.2, 0.25) is 0 Å². The zero-order valence-electron chi connectivity index (χ0n) is 12.5. The lowest BCUT2D eigenvalue weighted by atomic mass is 10.0. The van der Waals surface area contributed by atoms with E-state index < -0.39 is 17.5 Å². The zero-order valence-corrected chi connectivity index (χ0v) is 12.5. The highest BCUT2D eigenvalue weighted by Gasteiger charge is 2.36. The lowest BCUT2D eigenvalue weighted by molar-refractivity contribution is -0.147. The Hall–Kier alpha value is -2.05. The molecule has 0 fully saturated rings. The maximum atomic E-state index is 12.1. The second kappa shape index (κ2) is 5.94. The molecule has 1 heterocycles. The second-order valence-electron chi connectivity index (χ2n) is 5.07. The van der Waals surface area contributed by atoms with Crippen LogP contribution >= 0.6 is 0 Å². The molecule has 0 aliphatic carbocycles. The minimum atomic E-state index is -1.27. The van der Waals surface area contributed by atoms with Gasteiger partial charge in [0.05, 0.1) is 5.69 Å². The van der Waals surface area contributed by atoms with E-state index in [1.165, 1.54) is 18.7 Å². The van der Waals surface area contributed by atoms with E-state index in [2.05, 4.69) is 10.5 Å². The van der Waals surface area contributed by atoms with E-state index >= 15 is 0 Å². The van der Waals surface area contributed by atoms with Gasteiger partial charge in [0.25, 0.3) is 0 Å². The molecule has 1 aromatic rings. The number of carbonyl (C=O) groups is 2. The quantitative estimate of drug-likeness (QED) is 0.857. The molecule has 0 radical (unpaired) electrons. The fraction of sp³-hybridized carbons (Fsp3) is 0.615. The fourth-order valence-electron chi connectivity index (χ4n) is 1.92. The minimum Gasteiger partial charge on any atom is -0.480 e. The number of carboxylic acid groups (broad SMARTS) is 1. The summed E-state index contributed by atoms with van der Waals surface area (Å²) in [7, 11) is 0. The van der Waals surface area contributed by atoms with Crippen LogP contribution in [0.25, 0.3) is 0 Å². The molecule has 7 heteroatoms. The molecule has 20 heavy (non-hydrogen) atoms. The molecule has 0 aliphatic heterocycles. The number of rotatable bonds is 5. The van der Waals surface area contributed by atoms with Gasteiger partial charge in [-0.1, -0.05) is 5.16 Å². The topological polar surface area (TPSA) is 95.7 Å². The molecule has 0 aromatic carbocycles. The molecule has 0 aliphatic rings. The average Bonchev–Trinajstić information content (AvgIpc) is 2.67. The molecule has 0 spiro atoms. The Labute approximate surface area is 117 Å². The normalized spacial score (nSPS) is 11.2. The van der Waals surface area contributed by atoms with Crippen molar-refractivity contribution in [3.05, 3.63) is 17.0 Å². The standard InChI is InChI=1S/C13H21N3O4/c1-6-16(13(4,5)11(17)18)12(19)14-7-10-8(2)15-20-9(10)3/h6-7H2,1-5H3,(H,14,19)(H,17,18). The van der Waals surface area contributed by atoms with Crippen molar-refractivity contribution < 1.29 is 19.2 Å². The summed E-state index contributed by atoms with van der Waals surface area (Å²) in [6, 6.07) is -0.431. The molecule has 0 atom stereocenters. The second-order valence-corrected chi connectivity index (χ2v) is 5.07. The van der Waals surface area contributed by atoms with E-state index in [1.807, 2.05) is 0 Å². The largest absolute Gasteiger partial charge is 0.480 e. The van der Waals surface area contributed by atoms with Gasteiger partial charge >= 0.3 is 12.0 Å². The molecule has 0 saturated carbocycles. The van der Waals surface area contributed by atoms with Crippen molar-refractivity contribution in [1.29, 1.82) is 0 Å². The van der Waals surface area contributed by atoms with Gasteiger partial charge in [-0.3, -0.25) is 0 Å². The van der Waals surface area contributed by atoms with Crippen LogP contribution < -0.4 is 5.32 Å². The maximum Gasteiger partial charge on any atom is 0.329 e. The third kappa shape index (κ3) is 3.09. The van der Waals surface area contributed by atoms with Crippen LogP contribution in [0.3, 0.4) is 0 Å². The van der Waals surface area contributed by atoms with E-state index in [1.54, 1.807) is 20.8 Å². The van der Waals surface area contributed by atoms with Crippen LogP contribution in [0.15, 0.2) is 4.52 Å². The van der Waals surface area contributed by atoms with E-state index in [9.17, 15) is 14.7 Å². The third-order valence-electron chi connectivity index (χ3n) is 3.36. The first-order valence-corrected chi connectivity index (χ1v) is 6.42. The monoisotopic (exact) mass is 283 g/mol. The molecule has 0 bridgehead atoms. The Kier molecular flexibility index (Phi) is 4.75. The number of aromatic nitrogens is 1. The van der Waals surface area contributed by atoms with Gasteiger partial charge in [0.1, 0.15) is 11.3 Å². The predicted molar refractivity (Wildman–Crippen MR) is 72.3 cm³/mol. The van der Waals surface area contributed by atoms with Gasteiger partial charge in [-0.2, -0.15) is 0 Å². The molecule has 1 rings (SSSR count). The summed E-state index contributed by atoms with van der Waals surface area (Å²) < 4.78 is 5.01. The third-order valence-corrected chi connectivity index (χ3v) is 3.36.